The lowest BCUT2D eigenvalue weighted by atomic mass is 10.1. The van der Waals surface area contributed by atoms with Crippen LogP contribution in [-0.2, 0) is 15.7 Å². The van der Waals surface area contributed by atoms with Crippen molar-refractivity contribution in [1.29, 1.82) is 0 Å². The van der Waals surface area contributed by atoms with Gasteiger partial charge in [-0.25, -0.2) is 0 Å². The molecule has 0 aliphatic rings. The Balaban J connectivity index is 1.96. The first kappa shape index (κ1) is 22.2. The van der Waals surface area contributed by atoms with Gasteiger partial charge >= 0.3 is 5.97 Å². The number of carbonyl (C=O) groups is 1. The lowest BCUT2D eigenvalue weighted by Gasteiger charge is -2.16. The molecule has 0 aliphatic carbocycles. The molecule has 5 aromatic rings. The molecule has 0 radical (unpaired) electrons. The van der Waals surface area contributed by atoms with E-state index in [0.29, 0.717) is 16.5 Å². The smallest absolute Gasteiger partial charge is 0.308 e. The third-order valence-electron chi connectivity index (χ3n) is 5.37. The van der Waals surface area contributed by atoms with Gasteiger partial charge in [-0.05, 0) is 36.4 Å². The predicted octanol–water partition coefficient (Wildman–Crippen LogP) is 6.44. The highest BCUT2D eigenvalue weighted by Gasteiger charge is 2.36. The van der Waals surface area contributed by atoms with Crippen molar-refractivity contribution >= 4 is 48.4 Å². The summed E-state index contributed by atoms with van der Waals surface area (Å²) in [6.45, 7) is 1.33. The van der Waals surface area contributed by atoms with Crippen molar-refractivity contribution in [2.45, 2.75) is 21.6 Å². The van der Waals surface area contributed by atoms with E-state index in [1.54, 1.807) is 13.2 Å². The number of methoxy groups -OCH3 is 1. The third kappa shape index (κ3) is 3.95. The van der Waals surface area contributed by atoms with E-state index in [9.17, 15) is 9.59 Å². The van der Waals surface area contributed by atoms with Gasteiger partial charge in [0.05, 0.1) is 12.5 Å². The van der Waals surface area contributed by atoms with Crippen molar-refractivity contribution < 1.29 is 14.3 Å². The fourth-order valence-electron chi connectivity index (χ4n) is 3.96. The summed E-state index contributed by atoms with van der Waals surface area (Å²) in [5, 5.41) is 1.00. The zero-order chi connectivity index (χ0) is 23.7. The molecular weight excluding hydrogens is 464 g/mol. The molecule has 0 unspecified atom stereocenters. The highest BCUT2D eigenvalue weighted by Crippen LogP contribution is 2.46. The Morgan fingerprint density at radius 1 is 0.824 bits per heavy atom. The van der Waals surface area contributed by atoms with E-state index in [1.165, 1.54) is 18.3 Å². The van der Waals surface area contributed by atoms with Crippen LogP contribution in [0.15, 0.2) is 110 Å². The minimum absolute atomic E-state index is 0.158. The molecule has 5 rings (SSSR count). The molecule has 0 amide bonds. The van der Waals surface area contributed by atoms with E-state index in [0.717, 1.165) is 24.1 Å². The average molecular weight is 486 g/mol. The number of hydrogen-bond donors (Lipinski definition) is 0. The number of esters is 1. The number of hydrogen-bond acceptors (Lipinski definition) is 5. The van der Waals surface area contributed by atoms with Crippen molar-refractivity contribution in [2.24, 2.45) is 0 Å². The Kier molecular flexibility index (Phi) is 6.09. The average Bonchev–Trinajstić information content (AvgIpc) is 2.86. The summed E-state index contributed by atoms with van der Waals surface area (Å²) in [4.78, 5) is 28.7. The zero-order valence-corrected chi connectivity index (χ0v) is 20.2. The first-order valence-electron chi connectivity index (χ1n) is 10.7. The summed E-state index contributed by atoms with van der Waals surface area (Å²) in [7, 11) is 1.03. The number of fused-ring (bicyclic) bond motifs is 2. The highest BCUT2D eigenvalue weighted by molar-refractivity contribution is 7.97. The van der Waals surface area contributed by atoms with Crippen LogP contribution >= 0.6 is 11.3 Å². The number of rotatable bonds is 5. The molecule has 0 aliphatic heterocycles. The summed E-state index contributed by atoms with van der Waals surface area (Å²) in [6.07, 6.45) is 0. The van der Waals surface area contributed by atoms with Crippen LogP contribution in [0.1, 0.15) is 6.92 Å². The Labute approximate surface area is 203 Å². The van der Waals surface area contributed by atoms with Crippen molar-refractivity contribution in [1.82, 2.24) is 0 Å². The van der Waals surface area contributed by atoms with E-state index in [4.69, 9.17) is 9.47 Å². The SMILES string of the molecule is COc1cc(OC(C)=O)c2c(=O)c3ccccc3sc2c1[S+](c1ccccc1)c1ccccc1. The van der Waals surface area contributed by atoms with Gasteiger partial charge in [-0.2, -0.15) is 0 Å². The predicted molar refractivity (Wildman–Crippen MR) is 139 cm³/mol. The van der Waals surface area contributed by atoms with E-state index in [1.807, 2.05) is 60.7 Å². The lowest BCUT2D eigenvalue weighted by Crippen LogP contribution is -2.12. The first-order valence-corrected chi connectivity index (χ1v) is 12.7. The monoisotopic (exact) mass is 485 g/mol. The second-order valence-electron chi connectivity index (χ2n) is 7.56. The van der Waals surface area contributed by atoms with Gasteiger partial charge in [0.15, 0.2) is 21.0 Å². The summed E-state index contributed by atoms with van der Waals surface area (Å²) < 4.78 is 13.0. The maximum Gasteiger partial charge on any atom is 0.308 e. The summed E-state index contributed by atoms with van der Waals surface area (Å²) in [5.74, 6) is 0.310. The maximum absolute atomic E-state index is 13.7. The van der Waals surface area contributed by atoms with Gasteiger partial charge < -0.3 is 9.47 Å². The topological polar surface area (TPSA) is 52.6 Å². The van der Waals surface area contributed by atoms with Gasteiger partial charge in [0, 0.05) is 23.1 Å². The molecule has 0 saturated carbocycles. The van der Waals surface area contributed by atoms with Gasteiger partial charge in [0.1, 0.15) is 21.3 Å². The van der Waals surface area contributed by atoms with Crippen LogP contribution in [0.2, 0.25) is 0 Å². The number of benzene rings is 4. The van der Waals surface area contributed by atoms with E-state index >= 15 is 0 Å². The van der Waals surface area contributed by atoms with Crippen LogP contribution in [0.4, 0.5) is 0 Å². The first-order chi connectivity index (χ1) is 16.6. The fraction of sp³-hybridized carbons (Fsp3) is 0.0714. The van der Waals surface area contributed by atoms with E-state index in [2.05, 4.69) is 24.3 Å². The Morgan fingerprint density at radius 2 is 1.41 bits per heavy atom. The molecule has 1 heterocycles. The van der Waals surface area contributed by atoms with Gasteiger partial charge in [-0.15, -0.1) is 11.3 Å². The lowest BCUT2D eigenvalue weighted by molar-refractivity contribution is -0.131. The molecule has 4 aromatic carbocycles. The third-order valence-corrected chi connectivity index (χ3v) is 8.99. The van der Waals surface area contributed by atoms with E-state index in [-0.39, 0.29) is 11.2 Å². The molecule has 1 aromatic heterocycles. The van der Waals surface area contributed by atoms with Gasteiger partial charge in [-0.3, -0.25) is 9.59 Å². The largest absolute Gasteiger partial charge is 0.491 e. The van der Waals surface area contributed by atoms with Crippen molar-refractivity contribution in [3.05, 3.63) is 101 Å². The Hall–Kier alpha value is -3.61. The second kappa shape index (κ2) is 9.33. The molecule has 0 atom stereocenters. The van der Waals surface area contributed by atoms with Gasteiger partial charge in [0.2, 0.25) is 4.90 Å². The summed E-state index contributed by atoms with van der Waals surface area (Å²) in [6, 6.07) is 29.6. The molecule has 168 valence electrons. The van der Waals surface area contributed by atoms with Crippen molar-refractivity contribution in [2.75, 3.05) is 7.11 Å². The van der Waals surface area contributed by atoms with Crippen LogP contribution in [0.5, 0.6) is 11.5 Å². The van der Waals surface area contributed by atoms with Crippen LogP contribution in [-0.4, -0.2) is 13.1 Å². The molecular formula is C28H21O4S2+. The van der Waals surface area contributed by atoms with Crippen LogP contribution in [0, 0.1) is 0 Å². The van der Waals surface area contributed by atoms with Gasteiger partial charge in [0.25, 0.3) is 0 Å². The van der Waals surface area contributed by atoms with Gasteiger partial charge in [-0.1, -0.05) is 48.5 Å². The minimum atomic E-state index is -0.567. The van der Waals surface area contributed by atoms with Crippen molar-refractivity contribution in [3.63, 3.8) is 0 Å². The fourth-order valence-corrected chi connectivity index (χ4v) is 7.69. The summed E-state index contributed by atoms with van der Waals surface area (Å²) >= 11 is 1.52. The summed E-state index contributed by atoms with van der Waals surface area (Å²) in [5.41, 5.74) is -0.158. The molecule has 0 spiro atoms. The second-order valence-corrected chi connectivity index (χ2v) is 10.6. The molecule has 6 heteroatoms. The molecule has 0 N–H and O–H groups in total. The maximum atomic E-state index is 13.7. The Bertz CT molecular complexity index is 1520. The molecule has 34 heavy (non-hydrogen) atoms. The Morgan fingerprint density at radius 3 is 2.00 bits per heavy atom. The molecule has 0 bridgehead atoms. The van der Waals surface area contributed by atoms with Crippen molar-refractivity contribution in [3.8, 4) is 11.5 Å². The quantitative estimate of drug-likeness (QED) is 0.124. The molecule has 0 fully saturated rings. The van der Waals surface area contributed by atoms with Crippen LogP contribution in [0.3, 0.4) is 0 Å². The normalized spacial score (nSPS) is 11.1. The highest BCUT2D eigenvalue weighted by atomic mass is 32.2. The van der Waals surface area contributed by atoms with Crippen LogP contribution in [0.25, 0.3) is 20.2 Å². The standard InChI is InChI=1S/C28H21O4S2/c1-18(29)32-22-17-23(31-2)28(27-25(22)26(30)21-15-9-10-16-24(21)33-27)34(19-11-5-3-6-12-19)20-13-7-4-8-14-20/h3-17H,1-2H3/q+1. The van der Waals surface area contributed by atoms with Crippen LogP contribution < -0.4 is 14.9 Å². The number of carbonyl (C=O) groups excluding carboxylic acids is 1. The van der Waals surface area contributed by atoms with E-state index < -0.39 is 16.9 Å². The number of ether oxygens (including phenoxy) is 2. The zero-order valence-electron chi connectivity index (χ0n) is 18.6. The molecule has 4 nitrogen and oxygen atoms in total. The molecule has 0 saturated heterocycles. The minimum Gasteiger partial charge on any atom is -0.491 e.